The second kappa shape index (κ2) is 20.8. The van der Waals surface area contributed by atoms with Crippen LogP contribution in [-0.2, 0) is 16.0 Å². The third-order valence-corrected chi connectivity index (χ3v) is 17.9. The molecular formula is C59H77N3O6. The van der Waals surface area contributed by atoms with Gasteiger partial charge in [0.15, 0.2) is 17.3 Å². The van der Waals surface area contributed by atoms with E-state index in [9.17, 15) is 24.9 Å². The van der Waals surface area contributed by atoms with Gasteiger partial charge >= 0.3 is 0 Å². The number of phenolic OH excluding ortho intramolecular Hbond substituents is 1. The van der Waals surface area contributed by atoms with Crippen LogP contribution in [0.3, 0.4) is 0 Å². The van der Waals surface area contributed by atoms with Crippen LogP contribution in [-0.4, -0.2) is 65.3 Å². The number of dihydropyridines is 1. The van der Waals surface area contributed by atoms with Crippen molar-refractivity contribution in [3.8, 4) is 23.3 Å². The summed E-state index contributed by atoms with van der Waals surface area (Å²) in [4.78, 5) is 27.0. The number of fused-ring (bicyclic) bond motifs is 3. The lowest BCUT2D eigenvalue weighted by Crippen LogP contribution is -2.53. The predicted octanol–water partition coefficient (Wildman–Crippen LogP) is 9.91. The van der Waals surface area contributed by atoms with Crippen molar-refractivity contribution in [2.75, 3.05) is 20.2 Å². The number of aryl methyl sites for hydroxylation is 1. The normalized spacial score (nSPS) is 29.5. The molecule has 10 unspecified atom stereocenters. The van der Waals surface area contributed by atoms with Gasteiger partial charge in [-0.2, -0.15) is 0 Å². The Labute approximate surface area is 405 Å². The maximum absolute atomic E-state index is 14.7. The fourth-order valence-electron chi connectivity index (χ4n) is 14.0. The van der Waals surface area contributed by atoms with Crippen LogP contribution < -0.4 is 21.1 Å². The minimum absolute atomic E-state index is 0.00544. The fourth-order valence-corrected chi connectivity index (χ4v) is 14.0. The first-order chi connectivity index (χ1) is 32.8. The van der Waals surface area contributed by atoms with E-state index in [1.807, 2.05) is 12.1 Å². The number of piperidine rings is 1. The molecule has 3 aromatic carbocycles. The highest BCUT2D eigenvalue weighted by atomic mass is 16.5. The molecule has 68 heavy (non-hydrogen) atoms. The molecule has 9 heteroatoms. The van der Waals surface area contributed by atoms with E-state index in [4.69, 9.17) is 10.5 Å². The number of hydrogen-bond donors (Lipinski definition) is 6. The predicted molar refractivity (Wildman–Crippen MR) is 270 cm³/mol. The molecule has 4 aliphatic carbocycles. The summed E-state index contributed by atoms with van der Waals surface area (Å²) in [6.45, 7) is 6.05. The number of ether oxygens (including phenoxy) is 1. The van der Waals surface area contributed by atoms with Crippen molar-refractivity contribution in [1.29, 1.82) is 0 Å². The number of carbonyl (C=O) groups excluding carboxylic acids is 2. The third-order valence-electron chi connectivity index (χ3n) is 17.9. The number of hydrogen-bond acceptors (Lipinski definition) is 9. The summed E-state index contributed by atoms with van der Waals surface area (Å²) in [6.07, 6.45) is 17.5. The lowest BCUT2D eigenvalue weighted by molar-refractivity contribution is -0.135. The van der Waals surface area contributed by atoms with Crippen molar-refractivity contribution < 1.29 is 29.6 Å². The number of aliphatic hydroxyl groups excluding tert-OH is 2. The van der Waals surface area contributed by atoms with E-state index in [-0.39, 0.29) is 35.2 Å². The van der Waals surface area contributed by atoms with Crippen LogP contribution >= 0.6 is 0 Å². The molecule has 0 radical (unpaired) electrons. The molecular weight excluding hydrogens is 847 g/mol. The van der Waals surface area contributed by atoms with Crippen LogP contribution in [0.15, 0.2) is 78.1 Å². The lowest BCUT2D eigenvalue weighted by Gasteiger charge is -2.49. The average Bonchev–Trinajstić information content (AvgIpc) is 3.83. The molecule has 1 saturated heterocycles. The molecule has 9 rings (SSSR count). The standard InChI is InChI=1S/C59H77N3O6/c1-37(2)10-17-48(57(45-22-27-61-56(60)32-45)44-12-11-39-8-4-5-9-41(39)29-44)51(64)18-14-40-21-26-59(54(66)19-15-42-31-53(68-3)52(65)34-49(40)42)25-20-38(28-55(59)67)35-58(23-6-7-24-58)46-30-43-13-16-47(63)33-50(43)62-36-46/h4-5,8-9,11-12,22,29,31-32,34,37-38,40,43,46,48,50-51,55,57,61-62,64-65,67H,6-7,10,13-20,23-25,27-28,30,33,35-36,60H2,1-3H3. The summed E-state index contributed by atoms with van der Waals surface area (Å²) in [7, 11) is 1.54. The second-order valence-electron chi connectivity index (χ2n) is 22.4. The van der Waals surface area contributed by atoms with Gasteiger partial charge < -0.3 is 36.4 Å². The molecule has 9 nitrogen and oxygen atoms in total. The SMILES string of the molecule is COc1cc2c(cc1O)C(CCC(O)C(CCC(C)C)C(C1=CCNC(N)=C1)c1ccc3ccccc3c1)C#CC1(CCC(CC3(C4CNC5CC(=O)CCC5C4)CCCC3)CC1O)C(=O)CC2. The fraction of sp³-hybridized carbons (Fsp3) is 0.593. The smallest absolute Gasteiger partial charge is 0.160 e. The molecule has 0 bridgehead atoms. The maximum Gasteiger partial charge on any atom is 0.160 e. The number of aromatic hydroxyl groups is 1. The quantitative estimate of drug-likeness (QED) is 0.0868. The van der Waals surface area contributed by atoms with Gasteiger partial charge in [-0.3, -0.25) is 9.59 Å². The number of aliphatic hydroxyl groups is 2. The van der Waals surface area contributed by atoms with Crippen molar-refractivity contribution >= 4 is 22.3 Å². The Balaban J connectivity index is 0.992. The van der Waals surface area contributed by atoms with E-state index in [1.165, 1.54) is 37.5 Å². The number of nitrogens with one attached hydrogen (secondary N) is 2. The first kappa shape index (κ1) is 48.4. The van der Waals surface area contributed by atoms with E-state index in [0.29, 0.717) is 98.6 Å². The summed E-state index contributed by atoms with van der Waals surface area (Å²) in [5, 5.41) is 45.7. The maximum atomic E-state index is 14.7. The van der Waals surface area contributed by atoms with E-state index in [2.05, 4.69) is 84.9 Å². The zero-order chi connectivity index (χ0) is 47.6. The van der Waals surface area contributed by atoms with Gasteiger partial charge in [0.2, 0.25) is 0 Å². The molecule has 3 aromatic rings. The van der Waals surface area contributed by atoms with Gasteiger partial charge in [-0.1, -0.05) is 93.5 Å². The number of carbonyl (C=O) groups is 2. The highest BCUT2D eigenvalue weighted by Crippen LogP contribution is 2.55. The highest BCUT2D eigenvalue weighted by Gasteiger charge is 2.51. The van der Waals surface area contributed by atoms with Gasteiger partial charge in [-0.15, -0.1) is 0 Å². The van der Waals surface area contributed by atoms with Crippen LogP contribution in [0.4, 0.5) is 0 Å². The molecule has 7 N–H and O–H groups in total. The van der Waals surface area contributed by atoms with Crippen molar-refractivity contribution in [2.24, 2.45) is 46.2 Å². The van der Waals surface area contributed by atoms with E-state index >= 15 is 0 Å². The Morgan fingerprint density at radius 3 is 2.51 bits per heavy atom. The Hall–Kier alpha value is -4.62. The van der Waals surface area contributed by atoms with Crippen LogP contribution in [0.5, 0.6) is 11.5 Å². The number of allylic oxidation sites excluding steroid dienone is 2. The van der Waals surface area contributed by atoms with Gasteiger partial charge in [-0.25, -0.2) is 0 Å². The summed E-state index contributed by atoms with van der Waals surface area (Å²) < 4.78 is 5.60. The summed E-state index contributed by atoms with van der Waals surface area (Å²) in [5.74, 6) is 9.77. The summed E-state index contributed by atoms with van der Waals surface area (Å²) >= 11 is 0. The Kier molecular flexibility index (Phi) is 14.8. The van der Waals surface area contributed by atoms with Gasteiger partial charge in [-0.05, 0) is 170 Å². The number of phenols is 1. The zero-order valence-corrected chi connectivity index (χ0v) is 40.9. The van der Waals surface area contributed by atoms with Crippen LogP contribution in [0.1, 0.15) is 152 Å². The first-order valence-corrected chi connectivity index (χ1v) is 26.3. The van der Waals surface area contributed by atoms with Gasteiger partial charge in [0.1, 0.15) is 11.2 Å². The van der Waals surface area contributed by atoms with Crippen molar-refractivity contribution in [2.45, 2.75) is 160 Å². The molecule has 10 atom stereocenters. The molecule has 0 amide bonds. The zero-order valence-electron chi connectivity index (χ0n) is 40.9. The van der Waals surface area contributed by atoms with Crippen molar-refractivity contribution in [3.63, 3.8) is 0 Å². The molecule has 1 spiro atoms. The van der Waals surface area contributed by atoms with Crippen molar-refractivity contribution in [3.05, 3.63) is 94.8 Å². The van der Waals surface area contributed by atoms with Gasteiger partial charge in [0.25, 0.3) is 0 Å². The largest absolute Gasteiger partial charge is 0.504 e. The minimum atomic E-state index is -1.17. The number of ketones is 2. The van der Waals surface area contributed by atoms with Crippen LogP contribution in [0.25, 0.3) is 10.8 Å². The molecule has 2 heterocycles. The van der Waals surface area contributed by atoms with Crippen molar-refractivity contribution in [1.82, 2.24) is 10.6 Å². The number of benzene rings is 3. The first-order valence-electron chi connectivity index (χ1n) is 26.3. The Bertz CT molecular complexity index is 2440. The minimum Gasteiger partial charge on any atom is -0.504 e. The number of nitrogens with two attached hydrogens (primary N) is 1. The molecule has 6 aliphatic rings. The number of rotatable bonds is 14. The Morgan fingerprint density at radius 2 is 1.75 bits per heavy atom. The van der Waals surface area contributed by atoms with E-state index in [0.717, 1.165) is 66.3 Å². The van der Waals surface area contributed by atoms with Gasteiger partial charge in [0, 0.05) is 43.7 Å². The average molecular weight is 924 g/mol. The van der Waals surface area contributed by atoms with Gasteiger partial charge in [0.05, 0.1) is 25.1 Å². The molecule has 0 aromatic heterocycles. The third kappa shape index (κ3) is 10.2. The van der Waals surface area contributed by atoms with E-state index < -0.39 is 23.5 Å². The molecule has 4 fully saturated rings. The van der Waals surface area contributed by atoms with Crippen LogP contribution in [0.2, 0.25) is 0 Å². The molecule has 2 aliphatic heterocycles. The summed E-state index contributed by atoms with van der Waals surface area (Å²) in [5.41, 5.74) is 9.49. The molecule has 3 saturated carbocycles. The Morgan fingerprint density at radius 1 is 0.941 bits per heavy atom. The molecule has 364 valence electrons. The monoisotopic (exact) mass is 924 g/mol. The number of Topliss-reactive ketones (excluding diaryl/α,β-unsaturated/α-hetero) is 2. The second-order valence-corrected chi connectivity index (χ2v) is 22.4. The van der Waals surface area contributed by atoms with E-state index in [1.54, 1.807) is 13.2 Å². The topological polar surface area (TPSA) is 154 Å². The lowest BCUT2D eigenvalue weighted by atomic mass is 9.58. The highest BCUT2D eigenvalue weighted by molar-refractivity contribution is 5.89. The number of methoxy groups -OCH3 is 1. The van der Waals surface area contributed by atoms with Crippen LogP contribution in [0, 0.1) is 52.3 Å². The summed E-state index contributed by atoms with van der Waals surface area (Å²) in [6, 6.07) is 19.0.